The van der Waals surface area contributed by atoms with E-state index in [1.807, 2.05) is 14.0 Å². The van der Waals surface area contributed by atoms with E-state index >= 15 is 0 Å². The molecule has 2 aromatic rings. The number of nitriles is 1. The highest BCUT2D eigenvalue weighted by molar-refractivity contribution is 5.61. The standard InChI is InChI=1S/C14H14N4O2/c1-10-11(7-12(8-15)17(10)2)9-16-13-5-3-4-6-14(13)18(19)20/h3-7,16H,9H2,1-2H3. The number of rotatable bonds is 4. The lowest BCUT2D eigenvalue weighted by atomic mass is 10.2. The van der Waals surface area contributed by atoms with Crippen molar-refractivity contribution in [1.82, 2.24) is 4.57 Å². The van der Waals surface area contributed by atoms with Gasteiger partial charge in [0, 0.05) is 25.4 Å². The quantitative estimate of drug-likeness (QED) is 0.683. The minimum atomic E-state index is -0.416. The molecule has 6 heteroatoms. The summed E-state index contributed by atoms with van der Waals surface area (Å²) in [6.07, 6.45) is 0. The molecule has 0 amide bonds. The molecule has 0 atom stereocenters. The number of nitrogens with one attached hydrogen (secondary N) is 1. The summed E-state index contributed by atoms with van der Waals surface area (Å²) in [5.41, 5.74) is 3.00. The van der Waals surface area contributed by atoms with Gasteiger partial charge in [-0.3, -0.25) is 10.1 Å². The molecule has 1 aromatic carbocycles. The molecule has 0 bridgehead atoms. The number of nitro groups is 1. The number of benzene rings is 1. The molecule has 20 heavy (non-hydrogen) atoms. The minimum absolute atomic E-state index is 0.0431. The van der Waals surface area contributed by atoms with Crippen LogP contribution in [-0.2, 0) is 13.6 Å². The molecule has 1 heterocycles. The highest BCUT2D eigenvalue weighted by Gasteiger charge is 2.13. The van der Waals surface area contributed by atoms with Crippen LogP contribution in [0.15, 0.2) is 30.3 Å². The predicted molar refractivity (Wildman–Crippen MR) is 75.3 cm³/mol. The molecule has 0 fully saturated rings. The Morgan fingerprint density at radius 3 is 2.75 bits per heavy atom. The first-order valence-corrected chi connectivity index (χ1v) is 6.07. The van der Waals surface area contributed by atoms with Crippen molar-refractivity contribution in [3.63, 3.8) is 0 Å². The molecular weight excluding hydrogens is 256 g/mol. The van der Waals surface area contributed by atoms with E-state index in [-0.39, 0.29) is 5.69 Å². The van der Waals surface area contributed by atoms with Crippen LogP contribution in [0.5, 0.6) is 0 Å². The zero-order valence-corrected chi connectivity index (χ0v) is 11.3. The van der Waals surface area contributed by atoms with Gasteiger partial charge in [-0.15, -0.1) is 0 Å². The zero-order chi connectivity index (χ0) is 14.7. The smallest absolute Gasteiger partial charge is 0.292 e. The summed E-state index contributed by atoms with van der Waals surface area (Å²) >= 11 is 0. The lowest BCUT2D eigenvalue weighted by molar-refractivity contribution is -0.384. The van der Waals surface area contributed by atoms with E-state index in [9.17, 15) is 10.1 Å². The maximum atomic E-state index is 10.9. The van der Waals surface area contributed by atoms with Crippen molar-refractivity contribution in [2.24, 2.45) is 7.05 Å². The van der Waals surface area contributed by atoms with Crippen molar-refractivity contribution in [2.75, 3.05) is 5.32 Å². The van der Waals surface area contributed by atoms with Gasteiger partial charge in [0.05, 0.1) is 4.92 Å². The number of nitro benzene ring substituents is 1. The van der Waals surface area contributed by atoms with E-state index in [1.165, 1.54) is 6.07 Å². The second-order valence-electron chi connectivity index (χ2n) is 4.44. The Morgan fingerprint density at radius 2 is 2.15 bits per heavy atom. The third-order valence-electron chi connectivity index (χ3n) is 3.32. The molecule has 6 nitrogen and oxygen atoms in total. The molecule has 1 aromatic heterocycles. The van der Waals surface area contributed by atoms with Crippen LogP contribution in [0.25, 0.3) is 0 Å². The van der Waals surface area contributed by atoms with Crippen LogP contribution >= 0.6 is 0 Å². The number of nitrogens with zero attached hydrogens (tertiary/aromatic N) is 3. The van der Waals surface area contributed by atoms with Crippen LogP contribution in [0, 0.1) is 28.4 Å². The van der Waals surface area contributed by atoms with Crippen LogP contribution in [0.2, 0.25) is 0 Å². The Morgan fingerprint density at radius 1 is 1.45 bits per heavy atom. The first-order valence-electron chi connectivity index (χ1n) is 6.07. The molecule has 0 saturated heterocycles. The predicted octanol–water partition coefficient (Wildman–Crippen LogP) is 2.73. The molecule has 102 valence electrons. The van der Waals surface area contributed by atoms with E-state index in [2.05, 4.69) is 11.4 Å². The van der Waals surface area contributed by atoms with Gasteiger partial charge in [-0.05, 0) is 24.6 Å². The normalized spacial score (nSPS) is 10.1. The monoisotopic (exact) mass is 270 g/mol. The largest absolute Gasteiger partial charge is 0.375 e. The Balaban J connectivity index is 2.22. The molecule has 0 saturated carbocycles. The van der Waals surface area contributed by atoms with Gasteiger partial charge in [0.2, 0.25) is 0 Å². The summed E-state index contributed by atoms with van der Waals surface area (Å²) in [4.78, 5) is 10.5. The SMILES string of the molecule is Cc1c(CNc2ccccc2[N+](=O)[O-])cc(C#N)n1C. The van der Waals surface area contributed by atoms with Crippen molar-refractivity contribution >= 4 is 11.4 Å². The van der Waals surface area contributed by atoms with Gasteiger partial charge < -0.3 is 9.88 Å². The number of aromatic nitrogens is 1. The van der Waals surface area contributed by atoms with Crippen LogP contribution in [-0.4, -0.2) is 9.49 Å². The van der Waals surface area contributed by atoms with Crippen molar-refractivity contribution in [3.05, 3.63) is 57.4 Å². The summed E-state index contributed by atoms with van der Waals surface area (Å²) in [6, 6.07) is 10.4. The number of hydrogen-bond donors (Lipinski definition) is 1. The molecule has 0 radical (unpaired) electrons. The highest BCUT2D eigenvalue weighted by atomic mass is 16.6. The molecule has 1 N–H and O–H groups in total. The van der Waals surface area contributed by atoms with E-state index in [4.69, 9.17) is 5.26 Å². The summed E-state index contributed by atoms with van der Waals surface area (Å²) in [6.45, 7) is 2.35. The van der Waals surface area contributed by atoms with Crippen molar-refractivity contribution in [2.45, 2.75) is 13.5 Å². The molecular formula is C14H14N4O2. The molecule has 2 rings (SSSR count). The van der Waals surface area contributed by atoms with E-state index < -0.39 is 4.92 Å². The molecule has 0 aliphatic rings. The second-order valence-corrected chi connectivity index (χ2v) is 4.44. The summed E-state index contributed by atoms with van der Waals surface area (Å²) < 4.78 is 1.80. The Hall–Kier alpha value is -2.81. The maximum Gasteiger partial charge on any atom is 0.292 e. The van der Waals surface area contributed by atoms with Crippen LogP contribution < -0.4 is 5.32 Å². The van der Waals surface area contributed by atoms with Gasteiger partial charge in [-0.2, -0.15) is 5.26 Å². The maximum absolute atomic E-state index is 10.9. The summed E-state index contributed by atoms with van der Waals surface area (Å²) in [7, 11) is 1.82. The first-order chi connectivity index (χ1) is 9.54. The Labute approximate surface area is 116 Å². The van der Waals surface area contributed by atoms with Crippen molar-refractivity contribution in [1.29, 1.82) is 5.26 Å². The van der Waals surface area contributed by atoms with E-state index in [0.29, 0.717) is 17.9 Å². The van der Waals surface area contributed by atoms with Gasteiger partial charge in [0.25, 0.3) is 5.69 Å². The van der Waals surface area contributed by atoms with Gasteiger partial charge in [-0.1, -0.05) is 12.1 Å². The molecule has 0 unspecified atom stereocenters. The van der Waals surface area contributed by atoms with E-state index in [0.717, 1.165) is 11.3 Å². The molecule has 0 aliphatic carbocycles. The fourth-order valence-corrected chi connectivity index (χ4v) is 2.02. The highest BCUT2D eigenvalue weighted by Crippen LogP contribution is 2.24. The average Bonchev–Trinajstić information content (AvgIpc) is 2.72. The third kappa shape index (κ3) is 2.47. The first kappa shape index (κ1) is 13.6. The Bertz CT molecular complexity index is 698. The fraction of sp³-hybridized carbons (Fsp3) is 0.214. The minimum Gasteiger partial charge on any atom is -0.375 e. The number of para-hydroxylation sites is 2. The second kappa shape index (κ2) is 5.45. The van der Waals surface area contributed by atoms with Gasteiger partial charge in [0.15, 0.2) is 0 Å². The topological polar surface area (TPSA) is 83.9 Å². The Kier molecular flexibility index (Phi) is 3.71. The van der Waals surface area contributed by atoms with Gasteiger partial charge in [-0.25, -0.2) is 0 Å². The summed E-state index contributed by atoms with van der Waals surface area (Å²) in [5, 5.41) is 23.0. The van der Waals surface area contributed by atoms with Crippen molar-refractivity contribution < 1.29 is 4.92 Å². The molecule has 0 aliphatic heterocycles. The van der Waals surface area contributed by atoms with Gasteiger partial charge in [0.1, 0.15) is 17.5 Å². The third-order valence-corrected chi connectivity index (χ3v) is 3.32. The number of anilines is 1. The summed E-state index contributed by atoms with van der Waals surface area (Å²) in [5.74, 6) is 0. The van der Waals surface area contributed by atoms with Crippen LogP contribution in [0.1, 0.15) is 17.0 Å². The van der Waals surface area contributed by atoms with Crippen molar-refractivity contribution in [3.8, 4) is 6.07 Å². The molecule has 0 spiro atoms. The van der Waals surface area contributed by atoms with Gasteiger partial charge >= 0.3 is 0 Å². The zero-order valence-electron chi connectivity index (χ0n) is 11.3. The average molecular weight is 270 g/mol. The van der Waals surface area contributed by atoms with Crippen LogP contribution in [0.3, 0.4) is 0 Å². The van der Waals surface area contributed by atoms with Crippen LogP contribution in [0.4, 0.5) is 11.4 Å². The van der Waals surface area contributed by atoms with E-state index in [1.54, 1.807) is 28.8 Å². The lowest BCUT2D eigenvalue weighted by Gasteiger charge is -2.07. The number of hydrogen-bond acceptors (Lipinski definition) is 4. The lowest BCUT2D eigenvalue weighted by Crippen LogP contribution is -2.03. The fourth-order valence-electron chi connectivity index (χ4n) is 2.02.